The highest BCUT2D eigenvalue weighted by molar-refractivity contribution is 7.93. The molecule has 0 N–H and O–H groups in total. The third-order valence-corrected chi connectivity index (χ3v) is 11.5. The fourth-order valence-corrected chi connectivity index (χ4v) is 8.08. The molecule has 204 valence electrons. The van der Waals surface area contributed by atoms with Gasteiger partial charge in [-0.25, -0.2) is 21.8 Å². The molecule has 2 aromatic rings. The lowest BCUT2D eigenvalue weighted by Gasteiger charge is -2.35. The lowest BCUT2D eigenvalue weighted by molar-refractivity contribution is 0.0741. The van der Waals surface area contributed by atoms with Gasteiger partial charge in [0.2, 0.25) is 0 Å². The average Bonchev–Trinajstić information content (AvgIpc) is 3.58. The molecule has 0 atom stereocenters. The van der Waals surface area contributed by atoms with Gasteiger partial charge in [-0.05, 0) is 43.4 Å². The fourth-order valence-electron chi connectivity index (χ4n) is 4.66. The topological polar surface area (TPSA) is 114 Å². The molecule has 4 rings (SSSR count). The zero-order valence-electron chi connectivity index (χ0n) is 21.4. The Bertz CT molecular complexity index is 1310. The minimum atomic E-state index is -3.49. The van der Waals surface area contributed by atoms with Gasteiger partial charge >= 0.3 is 0 Å². The first-order valence-corrected chi connectivity index (χ1v) is 17.1. The van der Waals surface area contributed by atoms with Crippen LogP contribution in [-0.2, 0) is 19.7 Å². The highest BCUT2D eigenvalue weighted by atomic mass is 32.2. The van der Waals surface area contributed by atoms with E-state index in [0.29, 0.717) is 56.0 Å². The SMILES string of the molecule is CCCCS(=O)(=O)c1cnc(N2CCN(C(=O)c3cc(S(C)(=O)=O)ccc3OCC3CCCC3)CC2)s1. The number of anilines is 1. The predicted molar refractivity (Wildman–Crippen MR) is 144 cm³/mol. The molecule has 0 unspecified atom stereocenters. The van der Waals surface area contributed by atoms with E-state index in [1.54, 1.807) is 11.0 Å². The first-order valence-electron chi connectivity index (χ1n) is 12.8. The molecule has 0 spiro atoms. The van der Waals surface area contributed by atoms with Crippen molar-refractivity contribution in [2.45, 2.75) is 54.6 Å². The Morgan fingerprint density at radius 2 is 1.81 bits per heavy atom. The van der Waals surface area contributed by atoms with Crippen molar-refractivity contribution in [1.29, 1.82) is 0 Å². The standard InChI is InChI=1S/C25H35N3O6S3/c1-3-4-15-37(32,33)23-17-26-25(35-23)28-13-11-27(12-14-28)24(29)21-16-20(36(2,30)31)9-10-22(21)34-18-19-7-5-6-8-19/h9-10,16-17,19H,3-8,11-15,18H2,1-2H3. The molecule has 1 aliphatic heterocycles. The van der Waals surface area contributed by atoms with E-state index < -0.39 is 19.7 Å². The van der Waals surface area contributed by atoms with Gasteiger partial charge < -0.3 is 14.5 Å². The highest BCUT2D eigenvalue weighted by Gasteiger charge is 2.28. The van der Waals surface area contributed by atoms with E-state index in [-0.39, 0.29) is 26.3 Å². The molecule has 2 aliphatic rings. The van der Waals surface area contributed by atoms with E-state index in [2.05, 4.69) is 4.98 Å². The molecule has 2 heterocycles. The second-order valence-corrected chi connectivity index (χ2v) is 15.2. The molecule has 1 aromatic heterocycles. The lowest BCUT2D eigenvalue weighted by Crippen LogP contribution is -2.48. The van der Waals surface area contributed by atoms with Gasteiger partial charge in [-0.1, -0.05) is 37.5 Å². The number of piperazine rings is 1. The second kappa shape index (κ2) is 11.7. The van der Waals surface area contributed by atoms with Crippen LogP contribution in [0.3, 0.4) is 0 Å². The summed E-state index contributed by atoms with van der Waals surface area (Å²) >= 11 is 1.17. The number of amides is 1. The minimum absolute atomic E-state index is 0.0855. The van der Waals surface area contributed by atoms with Crippen molar-refractivity contribution in [2.24, 2.45) is 5.92 Å². The molecule has 9 nitrogen and oxygen atoms in total. The fraction of sp³-hybridized carbons (Fsp3) is 0.600. The maximum atomic E-state index is 13.5. The molecular formula is C25H35N3O6S3. The van der Waals surface area contributed by atoms with Crippen molar-refractivity contribution < 1.29 is 26.4 Å². The Hall–Kier alpha value is -2.18. The predicted octanol–water partition coefficient (Wildman–Crippen LogP) is 3.65. The first kappa shape index (κ1) is 27.8. The second-order valence-electron chi connectivity index (χ2n) is 9.81. The number of hydrogen-bond donors (Lipinski definition) is 0. The Morgan fingerprint density at radius 1 is 1.11 bits per heavy atom. The maximum absolute atomic E-state index is 13.5. The van der Waals surface area contributed by atoms with Crippen molar-refractivity contribution in [2.75, 3.05) is 49.7 Å². The maximum Gasteiger partial charge on any atom is 0.257 e. The van der Waals surface area contributed by atoms with Gasteiger partial charge in [0.25, 0.3) is 5.91 Å². The van der Waals surface area contributed by atoms with E-state index in [0.717, 1.165) is 25.5 Å². The molecule has 1 saturated carbocycles. The van der Waals surface area contributed by atoms with Gasteiger partial charge in [-0.2, -0.15) is 0 Å². The number of thiazole rings is 1. The average molecular weight is 570 g/mol. The van der Waals surface area contributed by atoms with Gasteiger partial charge in [-0.3, -0.25) is 4.79 Å². The molecule has 0 radical (unpaired) electrons. The number of unbranched alkanes of at least 4 members (excludes halogenated alkanes) is 1. The normalized spacial score (nSPS) is 17.4. The summed E-state index contributed by atoms with van der Waals surface area (Å²) in [4.78, 5) is 21.6. The monoisotopic (exact) mass is 569 g/mol. The summed E-state index contributed by atoms with van der Waals surface area (Å²) in [5.74, 6) is 0.711. The third-order valence-electron chi connectivity index (χ3n) is 6.94. The molecular weight excluding hydrogens is 534 g/mol. The van der Waals surface area contributed by atoms with Gasteiger partial charge in [0, 0.05) is 32.4 Å². The largest absolute Gasteiger partial charge is 0.492 e. The van der Waals surface area contributed by atoms with Crippen LogP contribution in [0.25, 0.3) is 0 Å². The van der Waals surface area contributed by atoms with Crippen molar-refractivity contribution >= 4 is 42.1 Å². The number of sulfone groups is 2. The Morgan fingerprint density at radius 3 is 2.46 bits per heavy atom. The van der Waals surface area contributed by atoms with Crippen molar-refractivity contribution in [3.63, 3.8) is 0 Å². The van der Waals surface area contributed by atoms with Crippen molar-refractivity contribution in [1.82, 2.24) is 9.88 Å². The number of aromatic nitrogens is 1. The number of carbonyl (C=O) groups excluding carboxylic acids is 1. The molecule has 37 heavy (non-hydrogen) atoms. The van der Waals surface area contributed by atoms with Crippen LogP contribution in [0.5, 0.6) is 5.75 Å². The van der Waals surface area contributed by atoms with Crippen LogP contribution in [0, 0.1) is 5.92 Å². The molecule has 1 aromatic carbocycles. The van der Waals surface area contributed by atoms with E-state index in [4.69, 9.17) is 4.74 Å². The summed E-state index contributed by atoms with van der Waals surface area (Å²) < 4.78 is 55.6. The Kier molecular flexibility index (Phi) is 8.80. The molecule has 1 amide bonds. The van der Waals surface area contributed by atoms with Crippen LogP contribution < -0.4 is 9.64 Å². The summed E-state index contributed by atoms with van der Waals surface area (Å²) in [6.45, 7) is 4.27. The zero-order chi connectivity index (χ0) is 26.6. The van der Waals surface area contributed by atoms with Crippen LogP contribution in [-0.4, -0.2) is 77.4 Å². The third kappa shape index (κ3) is 6.83. The van der Waals surface area contributed by atoms with Crippen LogP contribution in [0.1, 0.15) is 55.8 Å². The van der Waals surface area contributed by atoms with Crippen molar-refractivity contribution in [3.05, 3.63) is 30.0 Å². The van der Waals surface area contributed by atoms with E-state index in [1.165, 1.54) is 42.5 Å². The van der Waals surface area contributed by atoms with E-state index in [9.17, 15) is 21.6 Å². The van der Waals surface area contributed by atoms with Gasteiger partial charge in [0.05, 0.1) is 29.0 Å². The number of rotatable bonds is 10. The molecule has 0 bridgehead atoms. The molecule has 1 aliphatic carbocycles. The highest BCUT2D eigenvalue weighted by Crippen LogP contribution is 2.31. The summed E-state index contributed by atoms with van der Waals surface area (Å²) in [6, 6.07) is 4.50. The number of ether oxygens (including phenoxy) is 1. The van der Waals surface area contributed by atoms with E-state index >= 15 is 0 Å². The lowest BCUT2D eigenvalue weighted by atomic mass is 10.1. The number of carbonyl (C=O) groups is 1. The Labute approximate surface area is 223 Å². The summed E-state index contributed by atoms with van der Waals surface area (Å²) in [7, 11) is -6.82. The summed E-state index contributed by atoms with van der Waals surface area (Å²) in [5, 5.41) is 0.627. The number of hydrogen-bond acceptors (Lipinski definition) is 9. The van der Waals surface area contributed by atoms with Crippen LogP contribution >= 0.6 is 11.3 Å². The van der Waals surface area contributed by atoms with Crippen molar-refractivity contribution in [3.8, 4) is 5.75 Å². The van der Waals surface area contributed by atoms with Gasteiger partial charge in [0.15, 0.2) is 24.8 Å². The summed E-state index contributed by atoms with van der Waals surface area (Å²) in [6.07, 6.45) is 8.54. The van der Waals surface area contributed by atoms with Gasteiger partial charge in [0.1, 0.15) is 9.96 Å². The first-order chi connectivity index (χ1) is 17.6. The summed E-state index contributed by atoms with van der Waals surface area (Å²) in [5.41, 5.74) is 0.257. The number of nitrogens with zero attached hydrogens (tertiary/aromatic N) is 3. The van der Waals surface area contributed by atoms with Crippen LogP contribution in [0.2, 0.25) is 0 Å². The molecule has 12 heteroatoms. The van der Waals surface area contributed by atoms with Crippen LogP contribution in [0.4, 0.5) is 5.13 Å². The van der Waals surface area contributed by atoms with Gasteiger partial charge in [-0.15, -0.1) is 0 Å². The molecule has 2 fully saturated rings. The Balaban J connectivity index is 1.45. The van der Waals surface area contributed by atoms with E-state index in [1.807, 2.05) is 11.8 Å². The minimum Gasteiger partial charge on any atom is -0.492 e. The molecule has 1 saturated heterocycles. The van der Waals surface area contributed by atoms with Crippen LogP contribution in [0.15, 0.2) is 33.5 Å². The number of benzene rings is 1. The quantitative estimate of drug-likeness (QED) is 0.426. The zero-order valence-corrected chi connectivity index (χ0v) is 23.8. The smallest absolute Gasteiger partial charge is 0.257 e.